The van der Waals surface area contributed by atoms with Crippen LogP contribution in [0, 0.1) is 4.77 Å². The Balaban J connectivity index is 1.47. The van der Waals surface area contributed by atoms with E-state index in [1.54, 1.807) is 6.08 Å². The van der Waals surface area contributed by atoms with E-state index in [9.17, 15) is 18.0 Å². The highest BCUT2D eigenvalue weighted by molar-refractivity contribution is 7.71. The Hall–Kier alpha value is -3.40. The van der Waals surface area contributed by atoms with Crippen LogP contribution in [0.2, 0.25) is 0 Å². The second kappa shape index (κ2) is 9.24. The van der Waals surface area contributed by atoms with Crippen LogP contribution in [0.3, 0.4) is 0 Å². The molecule has 0 saturated heterocycles. The molecular weight excluding hydrogens is 487 g/mol. The molecule has 0 spiro atoms. The van der Waals surface area contributed by atoms with E-state index in [-0.39, 0.29) is 12.0 Å². The van der Waals surface area contributed by atoms with Crippen molar-refractivity contribution in [2.24, 2.45) is 5.10 Å². The lowest BCUT2D eigenvalue weighted by atomic mass is 9.99. The quantitative estimate of drug-likeness (QED) is 0.640. The van der Waals surface area contributed by atoms with Crippen LogP contribution in [0.4, 0.5) is 13.2 Å². The van der Waals surface area contributed by atoms with Crippen LogP contribution < -0.4 is 16.0 Å². The normalized spacial score (nSPS) is 17.6. The lowest BCUT2D eigenvalue weighted by Crippen LogP contribution is -2.35. The molecule has 1 aromatic heterocycles. The van der Waals surface area contributed by atoms with E-state index >= 15 is 0 Å². The van der Waals surface area contributed by atoms with Gasteiger partial charge >= 0.3 is 6.18 Å². The first-order chi connectivity index (χ1) is 17.2. The Morgan fingerprint density at radius 1 is 1.11 bits per heavy atom. The van der Waals surface area contributed by atoms with Crippen molar-refractivity contribution in [3.8, 4) is 0 Å². The molecular formula is C26H26F3N5OS. The van der Waals surface area contributed by atoms with Gasteiger partial charge in [-0.25, -0.2) is 0 Å². The SMILES string of the molecule is CCN1C(Cn2c3c(c(=O)[nH]c2=S)CCC3)=NN(C)C1=c1ccc(=C2C=CC(C(F)(F)F)=CC2)cc1. The fourth-order valence-electron chi connectivity index (χ4n) is 5.11. The number of H-pyrrole nitrogens is 1. The average molecular weight is 514 g/mol. The Bertz CT molecular complexity index is 1540. The summed E-state index contributed by atoms with van der Waals surface area (Å²) < 4.78 is 41.1. The molecule has 1 aliphatic heterocycles. The van der Waals surface area contributed by atoms with E-state index in [4.69, 9.17) is 17.3 Å². The summed E-state index contributed by atoms with van der Waals surface area (Å²) in [4.78, 5) is 17.2. The lowest BCUT2D eigenvalue weighted by molar-refractivity contribution is -0.0884. The first-order valence-electron chi connectivity index (χ1n) is 11.9. The predicted molar refractivity (Wildman–Crippen MR) is 136 cm³/mol. The van der Waals surface area contributed by atoms with Crippen LogP contribution in [-0.4, -0.2) is 45.1 Å². The highest BCUT2D eigenvalue weighted by Gasteiger charge is 2.32. The van der Waals surface area contributed by atoms with Gasteiger partial charge in [0.05, 0.1) is 12.1 Å². The summed E-state index contributed by atoms with van der Waals surface area (Å²) in [5.74, 6) is 1.74. The smallest absolute Gasteiger partial charge is 0.314 e. The standard InChI is InChI=1S/C26H26F3N5OS/c1-3-33-22(15-34-21-6-4-5-20(21)23(35)30-25(34)36)31-32(2)24(33)18-9-7-16(8-10-18)17-11-13-19(14-12-17)26(27,28)29/h7-11,13-14H,3-6,12,15H2,1-2H3,(H,30,35,36). The average Bonchev–Trinajstić information content (AvgIpc) is 3.46. The van der Waals surface area contributed by atoms with Crippen LogP contribution in [0.5, 0.6) is 0 Å². The van der Waals surface area contributed by atoms with Gasteiger partial charge in [0.25, 0.3) is 5.56 Å². The monoisotopic (exact) mass is 513 g/mol. The molecule has 2 aromatic rings. The summed E-state index contributed by atoms with van der Waals surface area (Å²) in [6, 6.07) is 7.79. The molecule has 5 rings (SSSR count). The number of hydrazone groups is 1. The van der Waals surface area contributed by atoms with Gasteiger partial charge in [-0.1, -0.05) is 42.5 Å². The molecule has 1 aromatic carbocycles. The van der Waals surface area contributed by atoms with Crippen LogP contribution in [0.15, 0.2) is 58.0 Å². The van der Waals surface area contributed by atoms with Gasteiger partial charge in [0, 0.05) is 30.1 Å². The van der Waals surface area contributed by atoms with E-state index in [2.05, 4.69) is 9.88 Å². The maximum Gasteiger partial charge on any atom is 0.416 e. The van der Waals surface area contributed by atoms with Crippen molar-refractivity contribution in [1.29, 1.82) is 0 Å². The molecule has 6 nitrogen and oxygen atoms in total. The van der Waals surface area contributed by atoms with Gasteiger partial charge in [-0.3, -0.25) is 14.8 Å². The maximum atomic E-state index is 12.9. The van der Waals surface area contributed by atoms with E-state index < -0.39 is 11.7 Å². The molecule has 2 heterocycles. The lowest BCUT2D eigenvalue weighted by Gasteiger charge is -2.23. The van der Waals surface area contributed by atoms with E-state index in [0.29, 0.717) is 17.9 Å². The summed E-state index contributed by atoms with van der Waals surface area (Å²) in [5, 5.41) is 8.43. The number of benzene rings is 1. The maximum absolute atomic E-state index is 12.9. The molecule has 0 unspecified atom stereocenters. The Labute approximate surface area is 211 Å². The van der Waals surface area contributed by atoms with Gasteiger partial charge in [0.15, 0.2) is 10.6 Å². The fraction of sp³-hybridized carbons (Fsp3) is 0.346. The molecule has 1 N–H and O–H groups in total. The summed E-state index contributed by atoms with van der Waals surface area (Å²) in [7, 11) is 1.89. The van der Waals surface area contributed by atoms with Crippen molar-refractivity contribution in [2.75, 3.05) is 13.6 Å². The van der Waals surface area contributed by atoms with Crippen LogP contribution in [-0.2, 0) is 19.4 Å². The van der Waals surface area contributed by atoms with Crippen molar-refractivity contribution < 1.29 is 13.2 Å². The van der Waals surface area contributed by atoms with Gasteiger partial charge in [0.1, 0.15) is 5.82 Å². The topological polar surface area (TPSA) is 56.6 Å². The number of nitrogens with one attached hydrogen (secondary N) is 1. The minimum Gasteiger partial charge on any atom is -0.314 e. The Morgan fingerprint density at radius 3 is 2.47 bits per heavy atom. The second-order valence-corrected chi connectivity index (χ2v) is 9.42. The molecule has 0 fully saturated rings. The second-order valence-electron chi connectivity index (χ2n) is 9.03. The molecule has 0 radical (unpaired) electrons. The third-order valence-corrected chi connectivity index (χ3v) is 7.18. The molecule has 0 amide bonds. The zero-order chi connectivity index (χ0) is 25.6. The van der Waals surface area contributed by atoms with Crippen molar-refractivity contribution >= 4 is 29.4 Å². The first kappa shape index (κ1) is 24.3. The van der Waals surface area contributed by atoms with Gasteiger partial charge in [0.2, 0.25) is 0 Å². The molecule has 0 saturated carbocycles. The summed E-state index contributed by atoms with van der Waals surface area (Å²) >= 11 is 5.49. The van der Waals surface area contributed by atoms with Crippen LogP contribution in [0.25, 0.3) is 11.4 Å². The number of fused-ring (bicyclic) bond motifs is 1. The summed E-state index contributed by atoms with van der Waals surface area (Å²) in [5.41, 5.74) is 1.94. The zero-order valence-corrected chi connectivity index (χ0v) is 20.8. The minimum atomic E-state index is -4.32. The molecule has 36 heavy (non-hydrogen) atoms. The molecule has 2 aliphatic carbocycles. The van der Waals surface area contributed by atoms with Crippen molar-refractivity contribution in [3.05, 3.63) is 84.9 Å². The van der Waals surface area contributed by atoms with Crippen molar-refractivity contribution in [3.63, 3.8) is 0 Å². The number of likely N-dealkylation sites (N-methyl/N-ethyl adjacent to an activating group) is 1. The van der Waals surface area contributed by atoms with E-state index in [1.165, 1.54) is 6.08 Å². The number of halogens is 3. The molecule has 3 aliphatic rings. The highest BCUT2D eigenvalue weighted by atomic mass is 32.1. The Morgan fingerprint density at radius 2 is 1.83 bits per heavy atom. The first-order valence-corrected chi connectivity index (χ1v) is 12.3. The third-order valence-electron chi connectivity index (χ3n) is 6.86. The number of aromatic nitrogens is 2. The summed E-state index contributed by atoms with van der Waals surface area (Å²) in [6.07, 6.45) is 2.32. The fourth-order valence-corrected chi connectivity index (χ4v) is 5.38. The highest BCUT2D eigenvalue weighted by Crippen LogP contribution is 2.30. The van der Waals surface area contributed by atoms with Gasteiger partial charge in [-0.05, 0) is 55.6 Å². The van der Waals surface area contributed by atoms with Gasteiger partial charge in [-0.15, -0.1) is 0 Å². The number of rotatable bonds is 3. The number of alkyl halides is 3. The van der Waals surface area contributed by atoms with Crippen LogP contribution in [0.1, 0.15) is 31.0 Å². The third kappa shape index (κ3) is 4.34. The van der Waals surface area contributed by atoms with Crippen molar-refractivity contribution in [1.82, 2.24) is 19.5 Å². The van der Waals surface area contributed by atoms with Crippen LogP contribution >= 0.6 is 12.2 Å². The van der Waals surface area contributed by atoms with Gasteiger partial charge in [-0.2, -0.15) is 18.3 Å². The number of hydrogen-bond acceptors (Lipinski definition) is 5. The van der Waals surface area contributed by atoms with Gasteiger partial charge < -0.3 is 9.47 Å². The largest absolute Gasteiger partial charge is 0.416 e. The number of hydrogen-bond donors (Lipinski definition) is 1. The molecule has 0 atom stereocenters. The van der Waals surface area contributed by atoms with Crippen molar-refractivity contribution in [2.45, 2.75) is 45.3 Å². The molecule has 188 valence electrons. The number of amidine groups is 1. The summed E-state index contributed by atoms with van der Waals surface area (Å²) in [6.45, 7) is 3.19. The number of nitrogens with zero attached hydrogens (tertiary/aromatic N) is 4. The van der Waals surface area contributed by atoms with E-state index in [0.717, 1.165) is 64.3 Å². The zero-order valence-electron chi connectivity index (χ0n) is 20.0. The van der Waals surface area contributed by atoms with E-state index in [1.807, 2.05) is 47.8 Å². The number of aromatic amines is 1. The predicted octanol–water partition coefficient (Wildman–Crippen LogP) is 3.34. The Kier molecular flexibility index (Phi) is 6.23. The minimum absolute atomic E-state index is 0.0929. The molecule has 0 bridgehead atoms. The molecule has 10 heteroatoms. The number of allylic oxidation sites excluding steroid dienone is 4.